The molecule has 0 aromatic rings. The van der Waals surface area contributed by atoms with Gasteiger partial charge in [-0.1, -0.05) is 33.6 Å². The van der Waals surface area contributed by atoms with Crippen molar-refractivity contribution in [3.05, 3.63) is 0 Å². The Kier molecular flexibility index (Phi) is 7.87. The minimum Gasteiger partial charge on any atom is -0.315 e. The van der Waals surface area contributed by atoms with E-state index in [1.54, 1.807) is 0 Å². The highest BCUT2D eigenvalue weighted by atomic mass is 15.2. The van der Waals surface area contributed by atoms with E-state index in [1.165, 1.54) is 64.6 Å². The van der Waals surface area contributed by atoms with Gasteiger partial charge in [0.15, 0.2) is 0 Å². The molecule has 1 fully saturated rings. The first-order valence-electron chi connectivity index (χ1n) is 7.79. The van der Waals surface area contributed by atoms with Gasteiger partial charge in [-0.15, -0.1) is 0 Å². The monoisotopic (exact) mass is 240 g/mol. The summed E-state index contributed by atoms with van der Waals surface area (Å²) in [5.41, 5.74) is 0. The first-order chi connectivity index (χ1) is 8.33. The van der Waals surface area contributed by atoms with Gasteiger partial charge in [-0.25, -0.2) is 0 Å². The molecule has 2 unspecified atom stereocenters. The number of hydrogen-bond donors (Lipinski definition) is 1. The molecular formula is C15H32N2. The van der Waals surface area contributed by atoms with Crippen molar-refractivity contribution in [3.63, 3.8) is 0 Å². The number of piperidine rings is 1. The lowest BCUT2D eigenvalue weighted by atomic mass is 9.95. The minimum atomic E-state index is 0.762. The van der Waals surface area contributed by atoms with E-state index in [4.69, 9.17) is 0 Å². The summed E-state index contributed by atoms with van der Waals surface area (Å²) in [6, 6.07) is 1.63. The number of nitrogens with one attached hydrogen (secondary N) is 1. The van der Waals surface area contributed by atoms with Crippen molar-refractivity contribution in [1.29, 1.82) is 0 Å². The second-order valence-corrected chi connectivity index (χ2v) is 5.44. The summed E-state index contributed by atoms with van der Waals surface area (Å²) in [5.74, 6) is 0. The molecule has 1 heterocycles. The summed E-state index contributed by atoms with van der Waals surface area (Å²) in [7, 11) is 0. The first-order valence-corrected chi connectivity index (χ1v) is 7.79. The Hall–Kier alpha value is -0.0800. The maximum absolute atomic E-state index is 3.60. The number of rotatable bonds is 8. The maximum atomic E-state index is 3.60. The van der Waals surface area contributed by atoms with Gasteiger partial charge in [-0.3, -0.25) is 4.90 Å². The molecule has 0 amide bonds. The zero-order valence-electron chi connectivity index (χ0n) is 12.2. The van der Waals surface area contributed by atoms with E-state index >= 15 is 0 Å². The quantitative estimate of drug-likeness (QED) is 0.654. The summed E-state index contributed by atoms with van der Waals surface area (Å²) in [6.45, 7) is 10.6. The molecule has 102 valence electrons. The molecule has 0 radical (unpaired) electrons. The van der Waals surface area contributed by atoms with Gasteiger partial charge in [0.25, 0.3) is 0 Å². The molecule has 1 aliphatic heterocycles. The summed E-state index contributed by atoms with van der Waals surface area (Å²) < 4.78 is 0. The Morgan fingerprint density at radius 3 is 2.65 bits per heavy atom. The lowest BCUT2D eigenvalue weighted by Crippen LogP contribution is -2.50. The van der Waals surface area contributed by atoms with E-state index in [1.807, 2.05) is 0 Å². The molecule has 1 N–H and O–H groups in total. The Morgan fingerprint density at radius 2 is 2.00 bits per heavy atom. The zero-order valence-corrected chi connectivity index (χ0v) is 12.2. The fourth-order valence-electron chi connectivity index (χ4n) is 3.09. The van der Waals surface area contributed by atoms with Crippen molar-refractivity contribution >= 4 is 0 Å². The second-order valence-electron chi connectivity index (χ2n) is 5.44. The smallest absolute Gasteiger partial charge is 0.0220 e. The zero-order chi connectivity index (χ0) is 12.5. The van der Waals surface area contributed by atoms with Crippen LogP contribution in [0.15, 0.2) is 0 Å². The van der Waals surface area contributed by atoms with Gasteiger partial charge in [0.05, 0.1) is 0 Å². The van der Waals surface area contributed by atoms with Gasteiger partial charge in [0.2, 0.25) is 0 Å². The van der Waals surface area contributed by atoms with Crippen LogP contribution >= 0.6 is 0 Å². The van der Waals surface area contributed by atoms with Crippen LogP contribution in [0.2, 0.25) is 0 Å². The fraction of sp³-hybridized carbons (Fsp3) is 1.00. The van der Waals surface area contributed by atoms with Crippen LogP contribution in [0.3, 0.4) is 0 Å². The van der Waals surface area contributed by atoms with Gasteiger partial charge in [0, 0.05) is 18.6 Å². The molecule has 0 aliphatic carbocycles. The van der Waals surface area contributed by atoms with Crippen molar-refractivity contribution in [2.75, 3.05) is 19.6 Å². The van der Waals surface area contributed by atoms with Gasteiger partial charge in [-0.2, -0.15) is 0 Å². The van der Waals surface area contributed by atoms with Crippen LogP contribution in [0.5, 0.6) is 0 Å². The van der Waals surface area contributed by atoms with Crippen LogP contribution < -0.4 is 5.32 Å². The Labute approximate surface area is 108 Å². The highest BCUT2D eigenvalue weighted by molar-refractivity contribution is 4.83. The van der Waals surface area contributed by atoms with Gasteiger partial charge < -0.3 is 5.32 Å². The lowest BCUT2D eigenvalue weighted by Gasteiger charge is -2.41. The average molecular weight is 240 g/mol. The first kappa shape index (κ1) is 15.0. The second kappa shape index (κ2) is 8.93. The molecule has 2 atom stereocenters. The highest BCUT2D eigenvalue weighted by Gasteiger charge is 2.26. The number of likely N-dealkylation sites (tertiary alicyclic amines) is 1. The minimum absolute atomic E-state index is 0.762. The molecule has 0 spiro atoms. The molecule has 0 saturated carbocycles. The molecule has 1 saturated heterocycles. The van der Waals surface area contributed by atoms with Crippen LogP contribution in [0, 0.1) is 0 Å². The summed E-state index contributed by atoms with van der Waals surface area (Å²) in [5, 5.41) is 3.60. The molecule has 2 heteroatoms. The number of hydrogen-bond acceptors (Lipinski definition) is 2. The molecule has 1 aliphatic rings. The third-order valence-corrected chi connectivity index (χ3v) is 4.04. The Balaban J connectivity index is 2.44. The predicted molar refractivity (Wildman–Crippen MR) is 76.5 cm³/mol. The Morgan fingerprint density at radius 1 is 1.18 bits per heavy atom. The van der Waals surface area contributed by atoms with Crippen LogP contribution in [-0.4, -0.2) is 36.6 Å². The standard InChI is InChI=1S/C15H32N2/c1-4-9-15-10-7-8-12-17(15)14(6-3)13-16-11-5-2/h14-16H,4-13H2,1-3H3. The van der Waals surface area contributed by atoms with E-state index in [0.29, 0.717) is 0 Å². The van der Waals surface area contributed by atoms with E-state index < -0.39 is 0 Å². The SMILES string of the molecule is CCCNCC(CC)N1CCCCC1CCC. The van der Waals surface area contributed by atoms with E-state index in [9.17, 15) is 0 Å². The highest BCUT2D eigenvalue weighted by Crippen LogP contribution is 2.23. The van der Waals surface area contributed by atoms with E-state index in [0.717, 1.165) is 12.1 Å². The molecule has 1 rings (SSSR count). The van der Waals surface area contributed by atoms with E-state index in [-0.39, 0.29) is 0 Å². The van der Waals surface area contributed by atoms with Crippen molar-refractivity contribution < 1.29 is 0 Å². The van der Waals surface area contributed by atoms with E-state index in [2.05, 4.69) is 31.0 Å². The van der Waals surface area contributed by atoms with Crippen LogP contribution in [0.1, 0.15) is 65.7 Å². The van der Waals surface area contributed by atoms with Gasteiger partial charge >= 0.3 is 0 Å². The third-order valence-electron chi connectivity index (χ3n) is 4.04. The normalized spacial score (nSPS) is 23.8. The van der Waals surface area contributed by atoms with Crippen LogP contribution in [0.4, 0.5) is 0 Å². The largest absolute Gasteiger partial charge is 0.315 e. The average Bonchev–Trinajstić information content (AvgIpc) is 2.36. The molecule has 0 aromatic heterocycles. The molecule has 2 nitrogen and oxygen atoms in total. The molecule has 17 heavy (non-hydrogen) atoms. The topological polar surface area (TPSA) is 15.3 Å². The lowest BCUT2D eigenvalue weighted by molar-refractivity contribution is 0.0849. The van der Waals surface area contributed by atoms with Crippen molar-refractivity contribution in [2.45, 2.75) is 77.8 Å². The maximum Gasteiger partial charge on any atom is 0.0220 e. The van der Waals surface area contributed by atoms with Crippen LogP contribution in [-0.2, 0) is 0 Å². The fourth-order valence-corrected chi connectivity index (χ4v) is 3.09. The molecule has 0 aromatic carbocycles. The van der Waals surface area contributed by atoms with Crippen molar-refractivity contribution in [3.8, 4) is 0 Å². The predicted octanol–water partition coefficient (Wildman–Crippen LogP) is 3.42. The number of nitrogens with zero attached hydrogens (tertiary/aromatic N) is 1. The van der Waals surface area contributed by atoms with Crippen LogP contribution in [0.25, 0.3) is 0 Å². The summed E-state index contributed by atoms with van der Waals surface area (Å²) in [4.78, 5) is 2.80. The summed E-state index contributed by atoms with van der Waals surface area (Å²) in [6.07, 6.45) is 9.54. The van der Waals surface area contributed by atoms with Gasteiger partial charge in [-0.05, 0) is 45.2 Å². The van der Waals surface area contributed by atoms with Crippen molar-refractivity contribution in [2.24, 2.45) is 0 Å². The Bertz CT molecular complexity index is 180. The molecular weight excluding hydrogens is 208 g/mol. The van der Waals surface area contributed by atoms with Crippen molar-refractivity contribution in [1.82, 2.24) is 10.2 Å². The third kappa shape index (κ3) is 4.97. The summed E-state index contributed by atoms with van der Waals surface area (Å²) >= 11 is 0. The van der Waals surface area contributed by atoms with Gasteiger partial charge in [0.1, 0.15) is 0 Å². The molecule has 0 bridgehead atoms.